The van der Waals surface area contributed by atoms with Crippen molar-refractivity contribution < 1.29 is 13.3 Å². The van der Waals surface area contributed by atoms with Crippen LogP contribution in [0.25, 0.3) is 11.0 Å². The summed E-state index contributed by atoms with van der Waals surface area (Å²) in [6.45, 7) is 0.819. The summed E-state index contributed by atoms with van der Waals surface area (Å²) < 4.78 is 26.5. The molecule has 3 rings (SSSR count). The fourth-order valence-corrected chi connectivity index (χ4v) is 3.67. The van der Waals surface area contributed by atoms with Crippen molar-refractivity contribution in [2.45, 2.75) is 11.3 Å². The molecule has 1 fully saturated rings. The topological polar surface area (TPSA) is 75.3 Å². The van der Waals surface area contributed by atoms with Crippen molar-refractivity contribution >= 4 is 37.0 Å². The van der Waals surface area contributed by atoms with E-state index in [0.717, 1.165) is 8.94 Å². The Labute approximate surface area is 112 Å². The molecule has 0 aromatic carbocycles. The molecule has 0 unspecified atom stereocenters. The highest BCUT2D eigenvalue weighted by Crippen LogP contribution is 2.28. The number of hydrogen-bond donors (Lipinski definition) is 1. The van der Waals surface area contributed by atoms with Gasteiger partial charge in [-0.2, -0.15) is 0 Å². The quantitative estimate of drug-likeness (QED) is 0.907. The van der Waals surface area contributed by atoms with Crippen LogP contribution in [0.2, 0.25) is 0 Å². The van der Waals surface area contributed by atoms with E-state index in [1.54, 1.807) is 12.3 Å². The van der Waals surface area contributed by atoms with E-state index in [-0.39, 0.29) is 4.90 Å². The molecule has 0 bridgehead atoms. The van der Waals surface area contributed by atoms with Gasteiger partial charge >= 0.3 is 0 Å². The molecular weight excluding hydrogens is 322 g/mol. The maximum atomic E-state index is 12.4. The van der Waals surface area contributed by atoms with Crippen molar-refractivity contribution in [2.75, 3.05) is 13.2 Å². The number of aromatic nitrogens is 2. The third-order valence-corrected chi connectivity index (χ3v) is 4.88. The van der Waals surface area contributed by atoms with Crippen LogP contribution in [0.4, 0.5) is 0 Å². The first-order valence-electron chi connectivity index (χ1n) is 5.37. The predicted molar refractivity (Wildman–Crippen MR) is 68.3 cm³/mol. The van der Waals surface area contributed by atoms with Gasteiger partial charge in [0, 0.05) is 28.8 Å². The molecule has 0 aliphatic carbocycles. The summed E-state index contributed by atoms with van der Waals surface area (Å²) in [5.41, 5.74) is 0.538. The number of rotatable bonds is 2. The number of pyridine rings is 1. The first kappa shape index (κ1) is 12.1. The summed E-state index contributed by atoms with van der Waals surface area (Å²) in [4.78, 5) is 12.3. The van der Waals surface area contributed by atoms with Gasteiger partial charge in [0.2, 0.25) is 0 Å². The van der Waals surface area contributed by atoms with Gasteiger partial charge in [0.1, 0.15) is 10.5 Å². The molecule has 96 valence electrons. The lowest BCUT2D eigenvalue weighted by Crippen LogP contribution is -2.26. The zero-order chi connectivity index (χ0) is 12.8. The molecular formula is C10H10BrN3O3S. The normalized spacial score (nSPS) is 17.6. The fourth-order valence-electron chi connectivity index (χ4n) is 1.89. The Balaban J connectivity index is 2.16. The number of aromatic amines is 1. The van der Waals surface area contributed by atoms with E-state index in [1.807, 2.05) is 0 Å². The molecule has 0 saturated carbocycles. The number of hydrogen-bond acceptors (Lipinski definition) is 4. The Bertz CT molecular complexity index is 691. The van der Waals surface area contributed by atoms with Gasteiger partial charge in [-0.05, 0) is 28.4 Å². The Kier molecular flexibility index (Phi) is 2.89. The van der Waals surface area contributed by atoms with Crippen LogP contribution in [-0.2, 0) is 14.9 Å². The first-order chi connectivity index (χ1) is 8.59. The van der Waals surface area contributed by atoms with E-state index in [1.165, 1.54) is 6.20 Å². The van der Waals surface area contributed by atoms with Crippen LogP contribution in [-0.4, -0.2) is 36.0 Å². The Morgan fingerprint density at radius 2 is 2.33 bits per heavy atom. The van der Waals surface area contributed by atoms with Gasteiger partial charge in [0.05, 0.1) is 6.61 Å². The molecule has 0 radical (unpaired) electrons. The molecule has 2 aromatic rings. The number of nitrogens with one attached hydrogen (secondary N) is 1. The van der Waals surface area contributed by atoms with Crippen LogP contribution in [0.3, 0.4) is 0 Å². The molecule has 1 aliphatic heterocycles. The molecule has 1 N–H and O–H groups in total. The van der Waals surface area contributed by atoms with Gasteiger partial charge in [0.25, 0.3) is 10.0 Å². The van der Waals surface area contributed by atoms with E-state index in [4.69, 9.17) is 4.84 Å². The number of hydroxylamine groups is 1. The minimum Gasteiger partial charge on any atom is -0.345 e. The van der Waals surface area contributed by atoms with Gasteiger partial charge < -0.3 is 4.98 Å². The number of H-pyrrole nitrogens is 1. The standard InChI is InChI=1S/C10H10BrN3O3S/c11-7-4-8-9(6-13-10(8)12-5-7)18(15,16)14-2-1-3-17-14/h4-6H,1-3H2,(H,12,13). The minimum absolute atomic E-state index is 0.188. The number of sulfonamides is 1. The number of fused-ring (bicyclic) bond motifs is 1. The molecule has 3 heterocycles. The van der Waals surface area contributed by atoms with Gasteiger partial charge in [-0.15, -0.1) is 0 Å². The molecule has 0 spiro atoms. The predicted octanol–water partition coefficient (Wildman–Crippen LogP) is 1.65. The Morgan fingerprint density at radius 1 is 1.50 bits per heavy atom. The van der Waals surface area contributed by atoms with E-state index >= 15 is 0 Å². The van der Waals surface area contributed by atoms with E-state index in [9.17, 15) is 8.42 Å². The van der Waals surface area contributed by atoms with E-state index in [0.29, 0.717) is 30.6 Å². The smallest absolute Gasteiger partial charge is 0.267 e. The van der Waals surface area contributed by atoms with Gasteiger partial charge in [-0.3, -0.25) is 4.84 Å². The van der Waals surface area contributed by atoms with Crippen molar-refractivity contribution in [3.05, 3.63) is 22.9 Å². The van der Waals surface area contributed by atoms with Crippen LogP contribution < -0.4 is 0 Å². The fraction of sp³-hybridized carbons (Fsp3) is 0.300. The van der Waals surface area contributed by atoms with Crippen molar-refractivity contribution in [3.63, 3.8) is 0 Å². The van der Waals surface area contributed by atoms with Crippen molar-refractivity contribution in [1.82, 2.24) is 14.4 Å². The second-order valence-electron chi connectivity index (χ2n) is 3.92. The van der Waals surface area contributed by atoms with E-state index < -0.39 is 10.0 Å². The van der Waals surface area contributed by atoms with Crippen LogP contribution in [0, 0.1) is 0 Å². The summed E-state index contributed by atoms with van der Waals surface area (Å²) >= 11 is 3.29. The average Bonchev–Trinajstić information content (AvgIpc) is 2.97. The van der Waals surface area contributed by atoms with Crippen LogP contribution in [0.1, 0.15) is 6.42 Å². The highest BCUT2D eigenvalue weighted by atomic mass is 79.9. The average molecular weight is 332 g/mol. The zero-order valence-electron chi connectivity index (χ0n) is 9.26. The molecule has 0 atom stereocenters. The maximum absolute atomic E-state index is 12.4. The highest BCUT2D eigenvalue weighted by molar-refractivity contribution is 9.10. The summed E-state index contributed by atoms with van der Waals surface area (Å²) in [5.74, 6) is 0. The number of halogens is 1. The molecule has 0 amide bonds. The molecule has 6 nitrogen and oxygen atoms in total. The summed E-state index contributed by atoms with van der Waals surface area (Å²) in [6, 6.07) is 1.72. The minimum atomic E-state index is -3.62. The third-order valence-electron chi connectivity index (χ3n) is 2.73. The third kappa shape index (κ3) is 1.85. The van der Waals surface area contributed by atoms with Gasteiger partial charge in [-0.25, -0.2) is 13.4 Å². The molecule has 18 heavy (non-hydrogen) atoms. The molecule has 8 heteroatoms. The molecule has 2 aromatic heterocycles. The first-order valence-corrected chi connectivity index (χ1v) is 7.60. The van der Waals surface area contributed by atoms with Gasteiger partial charge in [-0.1, -0.05) is 4.47 Å². The summed E-state index contributed by atoms with van der Waals surface area (Å²) in [7, 11) is -3.62. The Hall–Kier alpha value is -0.960. The SMILES string of the molecule is O=S(=O)(c1c[nH]c2ncc(Br)cc12)N1CCCO1. The zero-order valence-corrected chi connectivity index (χ0v) is 11.7. The van der Waals surface area contributed by atoms with Crippen molar-refractivity contribution in [2.24, 2.45) is 0 Å². The van der Waals surface area contributed by atoms with E-state index in [2.05, 4.69) is 25.9 Å². The van der Waals surface area contributed by atoms with Crippen molar-refractivity contribution in [1.29, 1.82) is 0 Å². The second kappa shape index (κ2) is 4.30. The van der Waals surface area contributed by atoms with Crippen molar-refractivity contribution in [3.8, 4) is 0 Å². The second-order valence-corrected chi connectivity index (χ2v) is 6.63. The highest BCUT2D eigenvalue weighted by Gasteiger charge is 2.31. The summed E-state index contributed by atoms with van der Waals surface area (Å²) in [5, 5.41) is 0.555. The molecule has 1 aliphatic rings. The number of nitrogens with zero attached hydrogens (tertiary/aromatic N) is 2. The Morgan fingerprint density at radius 3 is 3.06 bits per heavy atom. The lowest BCUT2D eigenvalue weighted by atomic mass is 10.3. The lowest BCUT2D eigenvalue weighted by molar-refractivity contribution is -0.0283. The monoisotopic (exact) mass is 331 g/mol. The largest absolute Gasteiger partial charge is 0.345 e. The molecule has 1 saturated heterocycles. The van der Waals surface area contributed by atoms with Crippen LogP contribution in [0.5, 0.6) is 0 Å². The van der Waals surface area contributed by atoms with Gasteiger partial charge in [0.15, 0.2) is 0 Å². The lowest BCUT2D eigenvalue weighted by Gasteiger charge is -2.13. The maximum Gasteiger partial charge on any atom is 0.267 e. The summed E-state index contributed by atoms with van der Waals surface area (Å²) in [6.07, 6.45) is 3.77. The van der Waals surface area contributed by atoms with Crippen LogP contribution in [0.15, 0.2) is 27.8 Å². The van der Waals surface area contributed by atoms with Crippen LogP contribution >= 0.6 is 15.9 Å².